The molecule has 1 unspecified atom stereocenters. The largest absolute Gasteiger partial charge is 0.486 e. The molecule has 1 aliphatic rings. The van der Waals surface area contributed by atoms with Gasteiger partial charge < -0.3 is 25.1 Å². The van der Waals surface area contributed by atoms with Crippen LogP contribution in [0.3, 0.4) is 0 Å². The Morgan fingerprint density at radius 2 is 2.32 bits per heavy atom. The van der Waals surface area contributed by atoms with Crippen LogP contribution in [0.15, 0.2) is 42.2 Å². The van der Waals surface area contributed by atoms with Gasteiger partial charge in [-0.05, 0) is 24.6 Å². The molecule has 8 heteroatoms. The van der Waals surface area contributed by atoms with Gasteiger partial charge >= 0.3 is 0 Å². The number of carbonyl (C=O) groups excluding carboxylic acids is 1. The van der Waals surface area contributed by atoms with Crippen molar-refractivity contribution in [2.75, 3.05) is 18.5 Å². The summed E-state index contributed by atoms with van der Waals surface area (Å²) in [6.07, 6.45) is 3.63. The van der Waals surface area contributed by atoms with Crippen molar-refractivity contribution in [3.05, 3.63) is 59.8 Å². The summed E-state index contributed by atoms with van der Waals surface area (Å²) < 4.78 is 26.8. The van der Waals surface area contributed by atoms with Crippen LogP contribution in [0.1, 0.15) is 28.0 Å². The smallest absolute Gasteiger partial charge is 0.250 e. The molecule has 0 spiro atoms. The van der Waals surface area contributed by atoms with Crippen molar-refractivity contribution in [3.63, 3.8) is 0 Å². The highest BCUT2D eigenvalue weighted by atomic mass is 19.1. The van der Waals surface area contributed by atoms with Gasteiger partial charge in [-0.3, -0.25) is 4.79 Å². The Kier molecular flexibility index (Phi) is 5.79. The van der Waals surface area contributed by atoms with E-state index in [0.717, 1.165) is 6.42 Å². The number of anilines is 1. The first-order chi connectivity index (χ1) is 13.4. The maximum atomic E-state index is 13.8. The van der Waals surface area contributed by atoms with E-state index in [1.165, 1.54) is 18.3 Å². The summed E-state index contributed by atoms with van der Waals surface area (Å²) in [6.45, 7) is 6.51. The van der Waals surface area contributed by atoms with Crippen LogP contribution in [0.4, 0.5) is 10.1 Å². The van der Waals surface area contributed by atoms with Gasteiger partial charge in [0.1, 0.15) is 17.7 Å². The number of amidine groups is 1. The van der Waals surface area contributed by atoms with Crippen LogP contribution in [0.25, 0.3) is 0 Å². The molecule has 0 radical (unpaired) electrons. The van der Waals surface area contributed by atoms with E-state index in [-0.39, 0.29) is 6.10 Å². The molecule has 3 rings (SSSR count). The summed E-state index contributed by atoms with van der Waals surface area (Å²) in [5, 5.41) is 3.17. The predicted octanol–water partition coefficient (Wildman–Crippen LogP) is 2.74. The number of hydrogen-bond donors (Lipinski definition) is 2. The minimum absolute atomic E-state index is 0.139. The van der Waals surface area contributed by atoms with Crippen molar-refractivity contribution in [2.24, 2.45) is 17.8 Å². The van der Waals surface area contributed by atoms with Crippen LogP contribution in [0.2, 0.25) is 0 Å². The number of nitrogens with zero attached hydrogens (tertiary/aromatic N) is 2. The number of aryl methyl sites for hydroxylation is 1. The lowest BCUT2D eigenvalue weighted by molar-refractivity contribution is 0.0999. The fourth-order valence-electron chi connectivity index (χ4n) is 3.19. The average Bonchev–Trinajstić information content (AvgIpc) is 3.24. The number of aliphatic imine (C=N–C) groups is 1. The topological polar surface area (TPSA) is 90.9 Å². The Balaban J connectivity index is 1.97. The lowest BCUT2D eigenvalue weighted by Crippen LogP contribution is -2.21. The number of benzene rings is 1. The fourth-order valence-corrected chi connectivity index (χ4v) is 3.19. The van der Waals surface area contributed by atoms with E-state index in [9.17, 15) is 9.18 Å². The third-order valence-corrected chi connectivity index (χ3v) is 4.52. The molecule has 0 aliphatic carbocycles. The Hall–Kier alpha value is -3.13. The van der Waals surface area contributed by atoms with E-state index in [2.05, 4.69) is 16.9 Å². The maximum Gasteiger partial charge on any atom is 0.250 e. The van der Waals surface area contributed by atoms with E-state index in [0.29, 0.717) is 47.3 Å². The predicted molar refractivity (Wildman–Crippen MR) is 105 cm³/mol. The zero-order valence-corrected chi connectivity index (χ0v) is 15.9. The third-order valence-electron chi connectivity index (χ3n) is 4.52. The molecule has 1 atom stereocenters. The van der Waals surface area contributed by atoms with Crippen LogP contribution < -0.4 is 15.8 Å². The number of rotatable bonds is 6. The standard InChI is InChI=1S/C20H23FN4O3/c1-4-23-20(18-12(2)15(19(22)26)10-25(18)3)24-16-6-5-13(21)9-17(16)28-14-7-8-27-11-14/h4-6,9-10,14H,1,7-8,11H2,2-3H3,(H2,22,26)(H,23,24). The SMILES string of the molecule is C=CN=C(Nc1ccc(F)cc1OC1CCOC1)c1c(C)c(C(N)=O)cn1C. The minimum Gasteiger partial charge on any atom is -0.486 e. The maximum absolute atomic E-state index is 13.8. The molecule has 0 saturated carbocycles. The molecule has 2 aromatic rings. The van der Waals surface area contributed by atoms with Crippen molar-refractivity contribution >= 4 is 17.4 Å². The summed E-state index contributed by atoms with van der Waals surface area (Å²) >= 11 is 0. The van der Waals surface area contributed by atoms with E-state index in [1.54, 1.807) is 30.8 Å². The van der Waals surface area contributed by atoms with Crippen molar-refractivity contribution < 1.29 is 18.7 Å². The summed E-state index contributed by atoms with van der Waals surface area (Å²) in [5.74, 6) is -0.145. The summed E-state index contributed by atoms with van der Waals surface area (Å²) in [6, 6.07) is 4.23. The molecule has 1 amide bonds. The van der Waals surface area contributed by atoms with E-state index < -0.39 is 11.7 Å². The Morgan fingerprint density at radius 1 is 1.54 bits per heavy atom. The second-order valence-corrected chi connectivity index (χ2v) is 6.52. The Labute approximate surface area is 162 Å². The zero-order valence-electron chi connectivity index (χ0n) is 15.9. The van der Waals surface area contributed by atoms with Gasteiger partial charge in [-0.1, -0.05) is 6.58 Å². The van der Waals surface area contributed by atoms with Gasteiger partial charge in [-0.2, -0.15) is 0 Å². The van der Waals surface area contributed by atoms with Crippen molar-refractivity contribution in [1.82, 2.24) is 4.57 Å². The van der Waals surface area contributed by atoms with Gasteiger partial charge in [0.25, 0.3) is 5.91 Å². The molecule has 148 valence electrons. The molecular formula is C20H23FN4O3. The fraction of sp³-hybridized carbons (Fsp3) is 0.300. The van der Waals surface area contributed by atoms with E-state index >= 15 is 0 Å². The van der Waals surface area contributed by atoms with Gasteiger partial charge in [0.05, 0.1) is 30.2 Å². The Bertz CT molecular complexity index is 930. The molecule has 2 heterocycles. The van der Waals surface area contributed by atoms with Gasteiger partial charge in [0.2, 0.25) is 0 Å². The van der Waals surface area contributed by atoms with Crippen molar-refractivity contribution in [2.45, 2.75) is 19.4 Å². The highest BCUT2D eigenvalue weighted by molar-refractivity contribution is 6.11. The molecule has 1 aliphatic heterocycles. The highest BCUT2D eigenvalue weighted by Gasteiger charge is 2.22. The van der Waals surface area contributed by atoms with E-state index in [4.69, 9.17) is 15.2 Å². The molecule has 28 heavy (non-hydrogen) atoms. The number of primary amides is 1. The number of ether oxygens (including phenoxy) is 2. The van der Waals surface area contributed by atoms with Crippen LogP contribution in [0, 0.1) is 12.7 Å². The van der Waals surface area contributed by atoms with Crippen molar-refractivity contribution in [1.29, 1.82) is 0 Å². The number of nitrogens with two attached hydrogens (primary N) is 1. The van der Waals surface area contributed by atoms with Gasteiger partial charge in [-0.25, -0.2) is 9.38 Å². The number of halogens is 1. The monoisotopic (exact) mass is 386 g/mol. The molecule has 1 fully saturated rings. The summed E-state index contributed by atoms with van der Waals surface area (Å²) in [4.78, 5) is 16.0. The number of carbonyl (C=O) groups is 1. The van der Waals surface area contributed by atoms with Gasteiger partial charge in [0, 0.05) is 31.9 Å². The van der Waals surface area contributed by atoms with Crippen LogP contribution in [-0.2, 0) is 11.8 Å². The number of hydrogen-bond acceptors (Lipinski definition) is 4. The average molecular weight is 386 g/mol. The molecule has 0 bridgehead atoms. The molecule has 1 aromatic heterocycles. The lowest BCUT2D eigenvalue weighted by atomic mass is 10.1. The number of aromatic nitrogens is 1. The molecule has 7 nitrogen and oxygen atoms in total. The quantitative estimate of drug-likeness (QED) is 0.590. The lowest BCUT2D eigenvalue weighted by Gasteiger charge is -2.18. The van der Waals surface area contributed by atoms with Crippen molar-refractivity contribution in [3.8, 4) is 5.75 Å². The normalized spacial score (nSPS) is 16.8. The first-order valence-corrected chi connectivity index (χ1v) is 8.86. The second-order valence-electron chi connectivity index (χ2n) is 6.52. The zero-order chi connectivity index (χ0) is 20.3. The van der Waals surface area contributed by atoms with Crippen LogP contribution in [-0.4, -0.2) is 35.6 Å². The van der Waals surface area contributed by atoms with E-state index in [1.807, 2.05) is 0 Å². The van der Waals surface area contributed by atoms with Crippen LogP contribution in [0.5, 0.6) is 5.75 Å². The Morgan fingerprint density at radius 3 is 2.93 bits per heavy atom. The van der Waals surface area contributed by atoms with Gasteiger partial charge in [-0.15, -0.1) is 0 Å². The minimum atomic E-state index is -0.524. The molecule has 3 N–H and O–H groups in total. The summed E-state index contributed by atoms with van der Waals surface area (Å²) in [7, 11) is 1.78. The van der Waals surface area contributed by atoms with Crippen LogP contribution >= 0.6 is 0 Å². The first kappa shape index (κ1) is 19.6. The number of nitrogens with one attached hydrogen (secondary N) is 1. The first-order valence-electron chi connectivity index (χ1n) is 8.86. The van der Waals surface area contributed by atoms with Gasteiger partial charge in [0.15, 0.2) is 5.84 Å². The highest BCUT2D eigenvalue weighted by Crippen LogP contribution is 2.29. The molecule has 1 aromatic carbocycles. The second kappa shape index (κ2) is 8.26. The molecule has 1 saturated heterocycles. The third kappa shape index (κ3) is 4.07. The molecular weight excluding hydrogens is 363 g/mol. The number of amides is 1. The summed E-state index contributed by atoms with van der Waals surface area (Å²) in [5.41, 5.74) is 7.72.